The van der Waals surface area contributed by atoms with Gasteiger partial charge in [-0.2, -0.15) is 0 Å². The number of rotatable bonds is 6. The van der Waals surface area contributed by atoms with Crippen LogP contribution in [-0.4, -0.2) is 5.11 Å². The molecule has 0 unspecified atom stereocenters. The highest BCUT2D eigenvalue weighted by Crippen LogP contribution is 2.45. The Balaban J connectivity index is 1.53. The summed E-state index contributed by atoms with van der Waals surface area (Å²) in [6.45, 7) is 0. The monoisotopic (exact) mass is 430 g/mol. The van der Waals surface area contributed by atoms with Crippen LogP contribution in [0.4, 0.5) is 0 Å². The van der Waals surface area contributed by atoms with Gasteiger partial charge in [0.25, 0.3) is 0 Å². The molecular weight excluding hydrogens is 408 g/mol. The number of benzene rings is 5. The molecule has 0 atom stereocenters. The second kappa shape index (κ2) is 9.33. The van der Waals surface area contributed by atoms with E-state index in [1.54, 1.807) is 18.2 Å². The third kappa shape index (κ3) is 4.43. The number of para-hydroxylation sites is 3. The average Bonchev–Trinajstić information content (AvgIpc) is 2.88. The van der Waals surface area contributed by atoms with Gasteiger partial charge in [-0.1, -0.05) is 103 Å². The van der Waals surface area contributed by atoms with Gasteiger partial charge in [-0.3, -0.25) is 0 Å². The Hall–Kier alpha value is -4.50. The van der Waals surface area contributed by atoms with Crippen LogP contribution in [0.15, 0.2) is 127 Å². The smallest absolute Gasteiger partial charge is 0.211 e. The second-order valence-electron chi connectivity index (χ2n) is 7.53. The van der Waals surface area contributed by atoms with Crippen molar-refractivity contribution < 1.29 is 14.6 Å². The zero-order valence-electron chi connectivity index (χ0n) is 17.9. The summed E-state index contributed by atoms with van der Waals surface area (Å²) in [6, 6.07) is 40.8. The predicted molar refractivity (Wildman–Crippen MR) is 132 cm³/mol. The molecule has 0 radical (unpaired) electrons. The molecule has 5 aromatic carbocycles. The molecule has 5 aromatic rings. The van der Waals surface area contributed by atoms with Gasteiger partial charge >= 0.3 is 0 Å². The molecule has 0 bridgehead atoms. The fourth-order valence-electron chi connectivity index (χ4n) is 3.74. The summed E-state index contributed by atoms with van der Waals surface area (Å²) in [4.78, 5) is 0. The van der Waals surface area contributed by atoms with Crippen LogP contribution in [0.1, 0.15) is 0 Å². The third-order valence-electron chi connectivity index (χ3n) is 5.33. The predicted octanol–water partition coefficient (Wildman–Crippen LogP) is 8.31. The molecular formula is C30H22O3. The normalized spacial score (nSPS) is 10.5. The van der Waals surface area contributed by atoms with Gasteiger partial charge in [0.15, 0.2) is 11.5 Å². The van der Waals surface area contributed by atoms with Crippen LogP contribution in [-0.2, 0) is 0 Å². The molecule has 0 fully saturated rings. The first-order chi connectivity index (χ1) is 16.3. The van der Waals surface area contributed by atoms with Crippen molar-refractivity contribution in [2.45, 2.75) is 0 Å². The van der Waals surface area contributed by atoms with Crippen LogP contribution in [0.2, 0.25) is 0 Å². The minimum absolute atomic E-state index is 0.00700. The molecule has 0 heterocycles. The summed E-state index contributed by atoms with van der Waals surface area (Å²) in [5, 5.41) is 10.7. The molecule has 0 amide bonds. The first-order valence-electron chi connectivity index (χ1n) is 10.8. The maximum Gasteiger partial charge on any atom is 0.211 e. The van der Waals surface area contributed by atoms with Crippen molar-refractivity contribution in [2.24, 2.45) is 0 Å². The van der Waals surface area contributed by atoms with E-state index in [0.29, 0.717) is 17.2 Å². The van der Waals surface area contributed by atoms with Gasteiger partial charge in [-0.25, -0.2) is 0 Å². The lowest BCUT2D eigenvalue weighted by atomic mass is 10.0. The summed E-state index contributed by atoms with van der Waals surface area (Å²) in [5.41, 5.74) is 3.96. The maximum absolute atomic E-state index is 10.7. The molecule has 3 heteroatoms. The van der Waals surface area contributed by atoms with Gasteiger partial charge < -0.3 is 14.6 Å². The van der Waals surface area contributed by atoms with E-state index in [1.165, 1.54) is 0 Å². The van der Waals surface area contributed by atoms with Gasteiger partial charge in [-0.15, -0.1) is 0 Å². The van der Waals surface area contributed by atoms with Crippen molar-refractivity contribution in [3.8, 4) is 51.0 Å². The van der Waals surface area contributed by atoms with Gasteiger partial charge in [0.05, 0.1) is 0 Å². The highest BCUT2D eigenvalue weighted by atomic mass is 16.5. The molecule has 0 aliphatic rings. The second-order valence-corrected chi connectivity index (χ2v) is 7.53. The van der Waals surface area contributed by atoms with E-state index in [0.717, 1.165) is 22.3 Å². The molecule has 0 saturated heterocycles. The zero-order chi connectivity index (χ0) is 22.5. The number of aromatic hydroxyl groups is 1. The number of phenols is 1. The van der Waals surface area contributed by atoms with E-state index in [4.69, 9.17) is 9.47 Å². The molecule has 5 rings (SSSR count). The summed E-state index contributed by atoms with van der Waals surface area (Å²) in [7, 11) is 0. The van der Waals surface area contributed by atoms with E-state index in [9.17, 15) is 5.11 Å². The lowest BCUT2D eigenvalue weighted by molar-refractivity contribution is 0.382. The first kappa shape index (κ1) is 20.4. The van der Waals surface area contributed by atoms with Crippen LogP contribution in [0.3, 0.4) is 0 Å². The number of hydrogen-bond donors (Lipinski definition) is 1. The Bertz CT molecular complexity index is 1360. The fraction of sp³-hybridized carbons (Fsp3) is 0. The van der Waals surface area contributed by atoms with Crippen molar-refractivity contribution in [3.05, 3.63) is 127 Å². The minimum atomic E-state index is 0.00700. The van der Waals surface area contributed by atoms with E-state index < -0.39 is 0 Å². The lowest BCUT2D eigenvalue weighted by Crippen LogP contribution is -1.94. The molecule has 0 aliphatic carbocycles. The minimum Gasteiger partial charge on any atom is -0.504 e. The Morgan fingerprint density at radius 3 is 1.42 bits per heavy atom. The average molecular weight is 431 g/mol. The van der Waals surface area contributed by atoms with E-state index in [-0.39, 0.29) is 11.5 Å². The summed E-state index contributed by atoms with van der Waals surface area (Å²) in [6.07, 6.45) is 0. The van der Waals surface area contributed by atoms with Gasteiger partial charge in [0.1, 0.15) is 11.5 Å². The summed E-state index contributed by atoms with van der Waals surface area (Å²) < 4.78 is 12.6. The third-order valence-corrected chi connectivity index (χ3v) is 5.33. The lowest BCUT2D eigenvalue weighted by Gasteiger charge is -2.17. The molecule has 33 heavy (non-hydrogen) atoms. The molecule has 0 aromatic heterocycles. The SMILES string of the molecule is Oc1cccc(Oc2ccccc2-c2ccccc2)c1Oc1ccccc1-c1ccccc1. The van der Waals surface area contributed by atoms with Crippen molar-refractivity contribution in [1.82, 2.24) is 0 Å². The van der Waals surface area contributed by atoms with Crippen molar-refractivity contribution >= 4 is 0 Å². The summed E-state index contributed by atoms with van der Waals surface area (Å²) in [5.74, 6) is 2.01. The Morgan fingerprint density at radius 1 is 0.394 bits per heavy atom. The van der Waals surface area contributed by atoms with E-state index in [1.807, 2.05) is 109 Å². The largest absolute Gasteiger partial charge is 0.504 e. The van der Waals surface area contributed by atoms with Gasteiger partial charge in [-0.05, 0) is 35.4 Å². The Morgan fingerprint density at radius 2 is 0.848 bits per heavy atom. The quantitative estimate of drug-likeness (QED) is 0.294. The number of ether oxygens (including phenoxy) is 2. The molecule has 0 spiro atoms. The van der Waals surface area contributed by atoms with Crippen molar-refractivity contribution in [1.29, 1.82) is 0 Å². The highest BCUT2D eigenvalue weighted by molar-refractivity contribution is 5.73. The maximum atomic E-state index is 10.7. The summed E-state index contributed by atoms with van der Waals surface area (Å²) >= 11 is 0. The molecule has 0 saturated carbocycles. The fourth-order valence-corrected chi connectivity index (χ4v) is 3.74. The van der Waals surface area contributed by atoms with Crippen LogP contribution >= 0.6 is 0 Å². The van der Waals surface area contributed by atoms with Gasteiger partial charge in [0, 0.05) is 11.1 Å². The Labute approximate surface area is 193 Å². The first-order valence-corrected chi connectivity index (χ1v) is 10.8. The van der Waals surface area contributed by atoms with Crippen LogP contribution in [0.5, 0.6) is 28.7 Å². The van der Waals surface area contributed by atoms with Crippen molar-refractivity contribution in [3.63, 3.8) is 0 Å². The van der Waals surface area contributed by atoms with Crippen LogP contribution < -0.4 is 9.47 Å². The van der Waals surface area contributed by atoms with Gasteiger partial charge in [0.2, 0.25) is 5.75 Å². The molecule has 1 N–H and O–H groups in total. The number of hydrogen-bond acceptors (Lipinski definition) is 3. The topological polar surface area (TPSA) is 38.7 Å². The highest BCUT2D eigenvalue weighted by Gasteiger charge is 2.17. The molecule has 3 nitrogen and oxygen atoms in total. The Kier molecular flexibility index (Phi) is 5.77. The van der Waals surface area contributed by atoms with E-state index >= 15 is 0 Å². The standard InChI is InChI=1S/C30H22O3/c31-26-18-11-21-29(32-27-19-9-7-16-24(27)22-12-3-1-4-13-22)30(26)33-28-20-10-8-17-25(28)23-14-5-2-6-15-23/h1-21,31H. The van der Waals surface area contributed by atoms with Crippen LogP contribution in [0, 0.1) is 0 Å². The zero-order valence-corrected chi connectivity index (χ0v) is 17.9. The molecule has 0 aliphatic heterocycles. The van der Waals surface area contributed by atoms with Crippen molar-refractivity contribution in [2.75, 3.05) is 0 Å². The van der Waals surface area contributed by atoms with E-state index in [2.05, 4.69) is 0 Å². The molecule has 160 valence electrons. The van der Waals surface area contributed by atoms with Crippen LogP contribution in [0.25, 0.3) is 22.3 Å². The number of phenolic OH excluding ortho intramolecular Hbond substituents is 1.